The Balaban J connectivity index is 1.67. The number of fused-ring (bicyclic) bond motifs is 1. The largest absolute Gasteiger partial charge is 0.375 e. The summed E-state index contributed by atoms with van der Waals surface area (Å²) in [6, 6.07) is 22.0. The number of carbonyl (C=O) groups is 2. The van der Waals surface area contributed by atoms with Crippen LogP contribution in [0.4, 0.5) is 5.69 Å². The number of nitrogens with zero attached hydrogens (tertiary/aromatic N) is 1. The predicted molar refractivity (Wildman–Crippen MR) is 116 cm³/mol. The van der Waals surface area contributed by atoms with Gasteiger partial charge in [-0.05, 0) is 30.7 Å². The second-order valence-electron chi connectivity index (χ2n) is 7.36. The smallest absolute Gasteiger partial charge is 0.264 e. The van der Waals surface area contributed by atoms with Crippen molar-refractivity contribution < 1.29 is 14.7 Å². The molecule has 4 nitrogen and oxygen atoms in total. The molecule has 1 amide bonds. The third kappa shape index (κ3) is 3.63. The van der Waals surface area contributed by atoms with Gasteiger partial charge in [0.1, 0.15) is 0 Å². The average molecular weight is 450 g/mol. The Morgan fingerprint density at radius 3 is 2.48 bits per heavy atom. The lowest BCUT2D eigenvalue weighted by atomic mass is 9.88. The van der Waals surface area contributed by atoms with E-state index in [1.54, 1.807) is 41.3 Å². The second-order valence-corrected chi connectivity index (χ2v) is 8.28. The van der Waals surface area contributed by atoms with Crippen LogP contribution >= 0.6 is 15.9 Å². The maximum atomic E-state index is 13.3. The monoisotopic (exact) mass is 449 g/mol. The first-order valence-corrected chi connectivity index (χ1v) is 10.2. The zero-order chi connectivity index (χ0) is 20.6. The third-order valence-corrected chi connectivity index (χ3v) is 5.77. The highest BCUT2D eigenvalue weighted by Gasteiger charge is 2.50. The molecule has 3 aromatic carbocycles. The van der Waals surface area contributed by atoms with E-state index in [0.29, 0.717) is 23.4 Å². The molecule has 4 rings (SSSR count). The van der Waals surface area contributed by atoms with Gasteiger partial charge in [-0.3, -0.25) is 9.59 Å². The lowest BCUT2D eigenvalue weighted by Crippen LogP contribution is -2.41. The number of rotatable bonds is 5. The molecule has 146 valence electrons. The van der Waals surface area contributed by atoms with Crippen LogP contribution < -0.4 is 4.90 Å². The molecule has 5 heteroatoms. The van der Waals surface area contributed by atoms with Crippen LogP contribution in [0.3, 0.4) is 0 Å². The topological polar surface area (TPSA) is 57.6 Å². The number of hydrogen-bond donors (Lipinski definition) is 1. The minimum absolute atomic E-state index is 0.277. The molecule has 0 fully saturated rings. The van der Waals surface area contributed by atoms with E-state index in [4.69, 9.17) is 0 Å². The SMILES string of the molecule is Cc1cccc(CN2C(=O)C(O)(CC(=O)c3ccc(Br)cc3)c3ccccc32)c1. The van der Waals surface area contributed by atoms with Gasteiger partial charge in [0.05, 0.1) is 18.7 Å². The summed E-state index contributed by atoms with van der Waals surface area (Å²) in [4.78, 5) is 27.7. The van der Waals surface area contributed by atoms with Gasteiger partial charge in [0.2, 0.25) is 0 Å². The van der Waals surface area contributed by atoms with E-state index in [1.807, 2.05) is 43.3 Å². The minimum Gasteiger partial charge on any atom is -0.375 e. The number of amides is 1. The summed E-state index contributed by atoms with van der Waals surface area (Å²) in [6.07, 6.45) is -0.297. The van der Waals surface area contributed by atoms with Crippen molar-refractivity contribution in [2.75, 3.05) is 4.90 Å². The van der Waals surface area contributed by atoms with Gasteiger partial charge in [-0.2, -0.15) is 0 Å². The van der Waals surface area contributed by atoms with Crippen LogP contribution in [0.2, 0.25) is 0 Å². The normalized spacial score (nSPS) is 18.0. The highest BCUT2D eigenvalue weighted by atomic mass is 79.9. The fourth-order valence-electron chi connectivity index (χ4n) is 3.80. The molecule has 1 aliphatic rings. The molecule has 1 N–H and O–H groups in total. The van der Waals surface area contributed by atoms with Gasteiger partial charge in [0, 0.05) is 15.6 Å². The van der Waals surface area contributed by atoms with E-state index in [9.17, 15) is 14.7 Å². The first kappa shape index (κ1) is 19.6. The fraction of sp³-hybridized carbons (Fsp3) is 0.167. The summed E-state index contributed by atoms with van der Waals surface area (Å²) in [7, 11) is 0. The van der Waals surface area contributed by atoms with Crippen molar-refractivity contribution >= 4 is 33.3 Å². The van der Waals surface area contributed by atoms with Crippen molar-refractivity contribution in [3.8, 4) is 0 Å². The van der Waals surface area contributed by atoms with Crippen molar-refractivity contribution in [2.24, 2.45) is 0 Å². The number of aliphatic hydroxyl groups is 1. The molecule has 0 bridgehead atoms. The summed E-state index contributed by atoms with van der Waals surface area (Å²) < 4.78 is 0.861. The molecular formula is C24H20BrNO3. The fourth-order valence-corrected chi connectivity index (χ4v) is 4.06. The maximum Gasteiger partial charge on any atom is 0.264 e. The number of ketones is 1. The van der Waals surface area contributed by atoms with Crippen molar-refractivity contribution in [1.82, 2.24) is 0 Å². The molecule has 0 saturated carbocycles. The van der Waals surface area contributed by atoms with Crippen LogP contribution in [0, 0.1) is 6.92 Å². The number of Topliss-reactive ketones (excluding diaryl/α,β-unsaturated/α-hetero) is 1. The predicted octanol–water partition coefficient (Wildman–Crippen LogP) is 4.76. The van der Waals surface area contributed by atoms with Gasteiger partial charge < -0.3 is 10.0 Å². The van der Waals surface area contributed by atoms with Crippen molar-refractivity contribution in [2.45, 2.75) is 25.5 Å². The van der Waals surface area contributed by atoms with Gasteiger partial charge in [-0.1, -0.05) is 76.1 Å². The van der Waals surface area contributed by atoms with E-state index < -0.39 is 11.5 Å². The lowest BCUT2D eigenvalue weighted by molar-refractivity contribution is -0.136. The molecule has 0 spiro atoms. The molecule has 0 aromatic heterocycles. The number of hydrogen-bond acceptors (Lipinski definition) is 3. The Bertz CT molecular complexity index is 1090. The Labute approximate surface area is 177 Å². The van der Waals surface area contributed by atoms with Gasteiger partial charge in [-0.25, -0.2) is 0 Å². The highest BCUT2D eigenvalue weighted by molar-refractivity contribution is 9.10. The summed E-state index contributed by atoms with van der Waals surface area (Å²) in [5.41, 5.74) is 1.78. The van der Waals surface area contributed by atoms with Crippen LogP contribution in [-0.2, 0) is 16.9 Å². The second kappa shape index (κ2) is 7.58. The van der Waals surface area contributed by atoms with Gasteiger partial charge in [0.25, 0.3) is 5.91 Å². The zero-order valence-corrected chi connectivity index (χ0v) is 17.5. The minimum atomic E-state index is -1.87. The molecule has 1 heterocycles. The molecule has 29 heavy (non-hydrogen) atoms. The lowest BCUT2D eigenvalue weighted by Gasteiger charge is -2.23. The maximum absolute atomic E-state index is 13.3. The van der Waals surface area contributed by atoms with E-state index in [1.165, 1.54) is 0 Å². The molecule has 3 aromatic rings. The van der Waals surface area contributed by atoms with Gasteiger partial charge >= 0.3 is 0 Å². The molecule has 1 unspecified atom stereocenters. The first-order chi connectivity index (χ1) is 13.9. The molecule has 0 aliphatic carbocycles. The zero-order valence-electron chi connectivity index (χ0n) is 15.9. The van der Waals surface area contributed by atoms with Gasteiger partial charge in [-0.15, -0.1) is 0 Å². The molecule has 1 atom stereocenters. The number of halogens is 1. The summed E-state index contributed by atoms with van der Waals surface area (Å²) >= 11 is 3.35. The van der Waals surface area contributed by atoms with Crippen molar-refractivity contribution in [3.63, 3.8) is 0 Å². The van der Waals surface area contributed by atoms with E-state index >= 15 is 0 Å². The Kier molecular flexibility index (Phi) is 5.11. The average Bonchev–Trinajstić information content (AvgIpc) is 2.91. The van der Waals surface area contributed by atoms with Crippen molar-refractivity contribution in [1.29, 1.82) is 0 Å². The van der Waals surface area contributed by atoms with Crippen LogP contribution in [0.1, 0.15) is 33.5 Å². The molecule has 0 radical (unpaired) electrons. The van der Waals surface area contributed by atoms with Crippen LogP contribution in [0.15, 0.2) is 77.3 Å². The summed E-state index contributed by atoms with van der Waals surface area (Å²) in [5.74, 6) is -0.744. The summed E-state index contributed by atoms with van der Waals surface area (Å²) in [6.45, 7) is 2.34. The quantitative estimate of drug-likeness (QED) is 0.570. The standard InChI is InChI=1S/C24H20BrNO3/c1-16-5-4-6-17(13-16)15-26-21-8-3-2-7-20(21)24(29,23(26)28)14-22(27)18-9-11-19(25)12-10-18/h2-13,29H,14-15H2,1H3. The number of anilines is 1. The summed E-state index contributed by atoms with van der Waals surface area (Å²) in [5, 5.41) is 11.4. The Morgan fingerprint density at radius 2 is 1.76 bits per heavy atom. The van der Waals surface area contributed by atoms with Crippen molar-refractivity contribution in [3.05, 3.63) is 99.5 Å². The Morgan fingerprint density at radius 1 is 1.03 bits per heavy atom. The molecule has 1 aliphatic heterocycles. The van der Waals surface area contributed by atoms with Crippen LogP contribution in [0.5, 0.6) is 0 Å². The first-order valence-electron chi connectivity index (χ1n) is 9.37. The number of carbonyl (C=O) groups excluding carboxylic acids is 2. The van der Waals surface area contributed by atoms with Gasteiger partial charge in [0.15, 0.2) is 11.4 Å². The van der Waals surface area contributed by atoms with Crippen LogP contribution in [0.25, 0.3) is 0 Å². The van der Waals surface area contributed by atoms with E-state index in [-0.39, 0.29) is 12.2 Å². The molecule has 0 saturated heterocycles. The highest BCUT2D eigenvalue weighted by Crippen LogP contribution is 2.43. The molecular weight excluding hydrogens is 430 g/mol. The number of aryl methyl sites for hydroxylation is 1. The third-order valence-electron chi connectivity index (χ3n) is 5.25. The van der Waals surface area contributed by atoms with E-state index in [0.717, 1.165) is 15.6 Å². The Hall–Kier alpha value is -2.76. The number of para-hydroxylation sites is 1. The van der Waals surface area contributed by atoms with Crippen LogP contribution in [-0.4, -0.2) is 16.8 Å². The van der Waals surface area contributed by atoms with E-state index in [2.05, 4.69) is 15.9 Å². The number of benzene rings is 3.